The number of rotatable bonds is 1. The van der Waals surface area contributed by atoms with Gasteiger partial charge in [-0.15, -0.1) is 0 Å². The molecule has 1 aliphatic heterocycles. The summed E-state index contributed by atoms with van der Waals surface area (Å²) >= 11 is 9.38. The monoisotopic (exact) mass is 355 g/mol. The van der Waals surface area contributed by atoms with Crippen LogP contribution in [0.5, 0.6) is 5.75 Å². The zero-order valence-electron chi connectivity index (χ0n) is 10.4. The van der Waals surface area contributed by atoms with Crippen LogP contribution in [0.25, 0.3) is 0 Å². The van der Waals surface area contributed by atoms with Gasteiger partial charge in [0.05, 0.1) is 5.02 Å². The van der Waals surface area contributed by atoms with Crippen LogP contribution in [0.4, 0.5) is 4.39 Å². The Balaban J connectivity index is 1.96. The molecule has 0 spiro atoms. The van der Waals surface area contributed by atoms with Crippen LogP contribution in [0, 0.1) is 5.82 Å². The molecule has 0 amide bonds. The summed E-state index contributed by atoms with van der Waals surface area (Å²) in [6.07, 6.45) is 0.444. The number of halogens is 3. The fourth-order valence-corrected chi connectivity index (χ4v) is 2.91. The Hall–Kier alpha value is -1.10. The lowest BCUT2D eigenvalue weighted by Crippen LogP contribution is -2.24. The largest absolute Gasteiger partial charge is 0.485 e. The van der Waals surface area contributed by atoms with E-state index < -0.39 is 0 Å². The summed E-state index contributed by atoms with van der Waals surface area (Å²) in [4.78, 5) is 0. The minimum atomic E-state index is -0.325. The molecule has 1 heterocycles. The first kappa shape index (κ1) is 13.9. The van der Waals surface area contributed by atoms with E-state index in [0.717, 1.165) is 15.6 Å². The standard InChI is InChI=1S/C15H12BrClFNO/c16-11-5-8(1-4-12(11)17)14-7-13(19)10-3-2-9(18)6-15(10)20-14/h1-6,13-14H,7,19H2/t13-,14?/m0/s1. The van der Waals surface area contributed by atoms with Crippen molar-refractivity contribution in [1.29, 1.82) is 0 Å². The average molecular weight is 357 g/mol. The van der Waals surface area contributed by atoms with Crippen molar-refractivity contribution in [2.45, 2.75) is 18.6 Å². The zero-order valence-corrected chi connectivity index (χ0v) is 12.8. The second kappa shape index (κ2) is 5.35. The van der Waals surface area contributed by atoms with Crippen LogP contribution in [0.2, 0.25) is 5.02 Å². The molecule has 0 saturated carbocycles. The van der Waals surface area contributed by atoms with Crippen molar-refractivity contribution >= 4 is 27.5 Å². The third-order valence-corrected chi connectivity index (χ3v) is 4.64. The molecular formula is C15H12BrClFNO. The van der Waals surface area contributed by atoms with Crippen LogP contribution in [-0.2, 0) is 0 Å². The lowest BCUT2D eigenvalue weighted by molar-refractivity contribution is 0.160. The van der Waals surface area contributed by atoms with Gasteiger partial charge in [0.15, 0.2) is 0 Å². The van der Waals surface area contributed by atoms with Gasteiger partial charge in [-0.3, -0.25) is 0 Å². The quantitative estimate of drug-likeness (QED) is 0.799. The Bertz CT molecular complexity index is 664. The SMILES string of the molecule is N[C@H]1CC(c2ccc(Cl)c(Br)c2)Oc2cc(F)ccc21. The van der Waals surface area contributed by atoms with E-state index in [1.807, 2.05) is 12.1 Å². The van der Waals surface area contributed by atoms with Gasteiger partial charge in [0, 0.05) is 28.6 Å². The van der Waals surface area contributed by atoms with E-state index in [-0.39, 0.29) is 18.0 Å². The number of nitrogens with two attached hydrogens (primary N) is 1. The molecule has 2 aromatic carbocycles. The van der Waals surface area contributed by atoms with E-state index >= 15 is 0 Å². The summed E-state index contributed by atoms with van der Waals surface area (Å²) in [6.45, 7) is 0. The first-order valence-corrected chi connectivity index (χ1v) is 7.38. The molecule has 3 rings (SSSR count). The van der Waals surface area contributed by atoms with Gasteiger partial charge in [0.25, 0.3) is 0 Å². The Morgan fingerprint density at radius 3 is 2.80 bits per heavy atom. The molecule has 2 aromatic rings. The second-order valence-corrected chi connectivity index (χ2v) is 6.07. The highest BCUT2D eigenvalue weighted by Crippen LogP contribution is 2.40. The summed E-state index contributed by atoms with van der Waals surface area (Å²) in [5, 5.41) is 0.639. The van der Waals surface area contributed by atoms with Crippen LogP contribution < -0.4 is 10.5 Å². The van der Waals surface area contributed by atoms with Crippen molar-refractivity contribution < 1.29 is 9.13 Å². The van der Waals surface area contributed by atoms with E-state index in [1.165, 1.54) is 12.1 Å². The predicted molar refractivity (Wildman–Crippen MR) is 80.5 cm³/mol. The molecular weight excluding hydrogens is 345 g/mol. The minimum absolute atomic E-state index is 0.168. The molecule has 0 fully saturated rings. The number of hydrogen-bond acceptors (Lipinski definition) is 2. The van der Waals surface area contributed by atoms with Gasteiger partial charge in [-0.05, 0) is 39.7 Å². The van der Waals surface area contributed by atoms with Gasteiger partial charge in [-0.1, -0.05) is 23.7 Å². The highest BCUT2D eigenvalue weighted by Gasteiger charge is 2.27. The Labute approximate surface area is 129 Å². The Morgan fingerprint density at radius 1 is 1.25 bits per heavy atom. The number of hydrogen-bond donors (Lipinski definition) is 1. The van der Waals surface area contributed by atoms with Gasteiger partial charge >= 0.3 is 0 Å². The number of ether oxygens (including phenoxy) is 1. The highest BCUT2D eigenvalue weighted by atomic mass is 79.9. The zero-order chi connectivity index (χ0) is 14.3. The molecule has 2 nitrogen and oxygen atoms in total. The van der Waals surface area contributed by atoms with E-state index in [0.29, 0.717) is 17.2 Å². The molecule has 1 unspecified atom stereocenters. The van der Waals surface area contributed by atoms with E-state index in [4.69, 9.17) is 22.1 Å². The first-order chi connectivity index (χ1) is 9.54. The maximum absolute atomic E-state index is 13.3. The molecule has 5 heteroatoms. The number of fused-ring (bicyclic) bond motifs is 1. The average Bonchev–Trinajstić information content (AvgIpc) is 2.41. The molecule has 0 radical (unpaired) electrons. The maximum atomic E-state index is 13.3. The molecule has 0 saturated heterocycles. The van der Waals surface area contributed by atoms with E-state index in [2.05, 4.69) is 15.9 Å². The van der Waals surface area contributed by atoms with Crippen molar-refractivity contribution in [1.82, 2.24) is 0 Å². The topological polar surface area (TPSA) is 35.2 Å². The molecule has 0 aliphatic carbocycles. The summed E-state index contributed by atoms with van der Waals surface area (Å²) in [7, 11) is 0. The summed E-state index contributed by atoms with van der Waals surface area (Å²) in [5.74, 6) is 0.189. The summed E-state index contributed by atoms with van der Waals surface area (Å²) in [6, 6.07) is 9.91. The van der Waals surface area contributed by atoms with Crippen molar-refractivity contribution in [3.63, 3.8) is 0 Å². The van der Waals surface area contributed by atoms with Gasteiger partial charge in [-0.25, -0.2) is 4.39 Å². The lowest BCUT2D eigenvalue weighted by Gasteiger charge is -2.30. The summed E-state index contributed by atoms with van der Waals surface area (Å²) in [5.41, 5.74) is 7.96. The number of benzene rings is 2. The smallest absolute Gasteiger partial charge is 0.127 e. The normalized spacial score (nSPS) is 21.2. The lowest BCUT2D eigenvalue weighted by atomic mass is 9.93. The summed E-state index contributed by atoms with van der Waals surface area (Å²) < 4.78 is 20.0. The van der Waals surface area contributed by atoms with Crippen LogP contribution in [0.15, 0.2) is 40.9 Å². The van der Waals surface area contributed by atoms with Crippen molar-refractivity contribution in [3.8, 4) is 5.75 Å². The van der Waals surface area contributed by atoms with Gasteiger partial charge < -0.3 is 10.5 Å². The Morgan fingerprint density at radius 2 is 2.05 bits per heavy atom. The molecule has 20 heavy (non-hydrogen) atoms. The van der Waals surface area contributed by atoms with Crippen molar-refractivity contribution in [2.75, 3.05) is 0 Å². The molecule has 0 bridgehead atoms. The van der Waals surface area contributed by atoms with Gasteiger partial charge in [0.2, 0.25) is 0 Å². The van der Waals surface area contributed by atoms with Gasteiger partial charge in [-0.2, -0.15) is 0 Å². The molecule has 2 atom stereocenters. The van der Waals surface area contributed by atoms with Crippen molar-refractivity contribution in [2.24, 2.45) is 5.73 Å². The second-order valence-electron chi connectivity index (χ2n) is 4.80. The minimum Gasteiger partial charge on any atom is -0.485 e. The molecule has 2 N–H and O–H groups in total. The van der Waals surface area contributed by atoms with Crippen LogP contribution in [-0.4, -0.2) is 0 Å². The third-order valence-electron chi connectivity index (χ3n) is 3.43. The fraction of sp³-hybridized carbons (Fsp3) is 0.200. The van der Waals surface area contributed by atoms with Crippen LogP contribution in [0.3, 0.4) is 0 Å². The fourth-order valence-electron chi connectivity index (χ4n) is 2.39. The van der Waals surface area contributed by atoms with Gasteiger partial charge in [0.1, 0.15) is 17.7 Å². The van der Waals surface area contributed by atoms with E-state index in [9.17, 15) is 4.39 Å². The predicted octanol–water partition coefficient (Wildman–Crippen LogP) is 4.77. The third kappa shape index (κ3) is 2.55. The molecule has 0 aromatic heterocycles. The van der Waals surface area contributed by atoms with Crippen LogP contribution >= 0.6 is 27.5 Å². The maximum Gasteiger partial charge on any atom is 0.127 e. The highest BCUT2D eigenvalue weighted by molar-refractivity contribution is 9.10. The Kier molecular flexibility index (Phi) is 3.71. The molecule has 1 aliphatic rings. The molecule has 104 valence electrons. The van der Waals surface area contributed by atoms with Crippen LogP contribution in [0.1, 0.15) is 29.7 Å². The van der Waals surface area contributed by atoms with Crippen molar-refractivity contribution in [3.05, 3.63) is 62.8 Å². The van der Waals surface area contributed by atoms with E-state index in [1.54, 1.807) is 12.1 Å². The first-order valence-electron chi connectivity index (χ1n) is 6.21.